The fourth-order valence-corrected chi connectivity index (χ4v) is 2.59. The predicted octanol–water partition coefficient (Wildman–Crippen LogP) is 3.08. The van der Waals surface area contributed by atoms with Crippen molar-refractivity contribution in [3.63, 3.8) is 0 Å². The number of rotatable bonds is 1. The summed E-state index contributed by atoms with van der Waals surface area (Å²) in [5.41, 5.74) is 1.44. The second kappa shape index (κ2) is 4.97. The Labute approximate surface area is 109 Å². The van der Waals surface area contributed by atoms with Gasteiger partial charge in [-0.05, 0) is 32.4 Å². The monoisotopic (exact) mass is 252 g/mol. The molecule has 0 amide bonds. The summed E-state index contributed by atoms with van der Waals surface area (Å²) in [4.78, 5) is 2.51. The maximum absolute atomic E-state index is 6.26. The molecule has 1 heterocycles. The number of piperazine rings is 1. The van der Waals surface area contributed by atoms with Crippen LogP contribution in [0.2, 0.25) is 5.02 Å². The first-order chi connectivity index (χ1) is 7.98. The molecule has 1 fully saturated rings. The van der Waals surface area contributed by atoms with Crippen molar-refractivity contribution < 1.29 is 0 Å². The van der Waals surface area contributed by atoms with Crippen LogP contribution in [0.3, 0.4) is 0 Å². The third-order valence-electron chi connectivity index (χ3n) is 3.40. The van der Waals surface area contributed by atoms with Crippen LogP contribution in [0, 0.1) is 0 Å². The zero-order valence-electron chi connectivity index (χ0n) is 10.8. The van der Waals surface area contributed by atoms with E-state index >= 15 is 0 Å². The van der Waals surface area contributed by atoms with E-state index in [1.54, 1.807) is 0 Å². The molecule has 1 aliphatic rings. The minimum absolute atomic E-state index is 0.224. The first-order valence-electron chi connectivity index (χ1n) is 6.21. The minimum atomic E-state index is 0.224. The van der Waals surface area contributed by atoms with E-state index in [1.165, 1.54) is 5.56 Å². The lowest BCUT2D eigenvalue weighted by molar-refractivity contribution is 0.0958. The van der Waals surface area contributed by atoms with Crippen LogP contribution in [0.5, 0.6) is 0 Å². The van der Waals surface area contributed by atoms with E-state index in [0.29, 0.717) is 6.04 Å². The van der Waals surface area contributed by atoms with E-state index < -0.39 is 0 Å². The molecule has 2 nitrogen and oxygen atoms in total. The zero-order valence-corrected chi connectivity index (χ0v) is 11.6. The summed E-state index contributed by atoms with van der Waals surface area (Å²) >= 11 is 6.26. The molecule has 0 aromatic heterocycles. The Balaban J connectivity index is 2.15. The third-order valence-corrected chi connectivity index (χ3v) is 3.75. The fourth-order valence-electron chi connectivity index (χ4n) is 2.33. The largest absolute Gasteiger partial charge is 0.308 e. The lowest BCUT2D eigenvalue weighted by Gasteiger charge is -2.42. The highest BCUT2D eigenvalue weighted by atomic mass is 35.5. The standard InChI is InChI=1S/C14H21ClN2/c1-14(2,3)17-9-8-16-13(10-17)11-6-4-5-7-12(11)15/h4-7,13,16H,8-10H2,1-3H3. The van der Waals surface area contributed by atoms with Crippen LogP contribution in [-0.2, 0) is 0 Å². The van der Waals surface area contributed by atoms with E-state index in [2.05, 4.69) is 43.1 Å². The van der Waals surface area contributed by atoms with Gasteiger partial charge in [0, 0.05) is 36.2 Å². The zero-order chi connectivity index (χ0) is 12.5. The smallest absolute Gasteiger partial charge is 0.0464 e. The van der Waals surface area contributed by atoms with E-state index in [0.717, 1.165) is 24.7 Å². The second-order valence-electron chi connectivity index (χ2n) is 5.65. The molecule has 17 heavy (non-hydrogen) atoms. The summed E-state index contributed by atoms with van der Waals surface area (Å²) in [5.74, 6) is 0. The van der Waals surface area contributed by atoms with Crippen LogP contribution in [-0.4, -0.2) is 30.1 Å². The van der Waals surface area contributed by atoms with Gasteiger partial charge in [0.2, 0.25) is 0 Å². The van der Waals surface area contributed by atoms with Crippen LogP contribution < -0.4 is 5.32 Å². The fraction of sp³-hybridized carbons (Fsp3) is 0.571. The Morgan fingerprint density at radius 1 is 1.29 bits per heavy atom. The van der Waals surface area contributed by atoms with Gasteiger partial charge in [-0.2, -0.15) is 0 Å². The number of benzene rings is 1. The third kappa shape index (κ3) is 3.01. The van der Waals surface area contributed by atoms with Crippen LogP contribution in [0.1, 0.15) is 32.4 Å². The number of nitrogens with zero attached hydrogens (tertiary/aromatic N) is 1. The van der Waals surface area contributed by atoms with Crippen LogP contribution in [0.25, 0.3) is 0 Å². The summed E-state index contributed by atoms with van der Waals surface area (Å²) < 4.78 is 0. The molecule has 3 heteroatoms. The van der Waals surface area contributed by atoms with Gasteiger partial charge in [0.1, 0.15) is 0 Å². The maximum Gasteiger partial charge on any atom is 0.0464 e. The average Bonchev–Trinajstić information content (AvgIpc) is 2.29. The Hall–Kier alpha value is -0.570. The summed E-state index contributed by atoms with van der Waals surface area (Å²) in [6, 6.07) is 8.47. The Morgan fingerprint density at radius 3 is 2.65 bits per heavy atom. The van der Waals surface area contributed by atoms with Crippen molar-refractivity contribution in [2.45, 2.75) is 32.4 Å². The van der Waals surface area contributed by atoms with Crippen molar-refractivity contribution >= 4 is 11.6 Å². The summed E-state index contributed by atoms with van der Waals surface area (Å²) in [6.45, 7) is 9.94. The molecule has 94 valence electrons. The van der Waals surface area contributed by atoms with Crippen molar-refractivity contribution in [1.29, 1.82) is 0 Å². The summed E-state index contributed by atoms with van der Waals surface area (Å²) in [5, 5.41) is 4.41. The molecule has 1 saturated heterocycles. The molecule has 0 aliphatic carbocycles. The van der Waals surface area contributed by atoms with Gasteiger partial charge in [-0.25, -0.2) is 0 Å². The lowest BCUT2D eigenvalue weighted by Crippen LogP contribution is -2.53. The van der Waals surface area contributed by atoms with Crippen LogP contribution in [0.15, 0.2) is 24.3 Å². The highest BCUT2D eigenvalue weighted by Gasteiger charge is 2.28. The molecule has 2 rings (SSSR count). The number of hydrogen-bond donors (Lipinski definition) is 1. The molecular weight excluding hydrogens is 232 g/mol. The first-order valence-corrected chi connectivity index (χ1v) is 6.59. The number of halogens is 1. The van der Waals surface area contributed by atoms with Crippen molar-refractivity contribution in [3.05, 3.63) is 34.9 Å². The predicted molar refractivity (Wildman–Crippen MR) is 73.5 cm³/mol. The topological polar surface area (TPSA) is 15.3 Å². The van der Waals surface area contributed by atoms with E-state index in [1.807, 2.05) is 12.1 Å². The van der Waals surface area contributed by atoms with Crippen LogP contribution in [0.4, 0.5) is 0 Å². The van der Waals surface area contributed by atoms with Gasteiger partial charge in [0.25, 0.3) is 0 Å². The first kappa shape index (κ1) is 12.9. The maximum atomic E-state index is 6.26. The van der Waals surface area contributed by atoms with Crippen molar-refractivity contribution in [1.82, 2.24) is 10.2 Å². The summed E-state index contributed by atoms with van der Waals surface area (Å²) in [7, 11) is 0. The number of nitrogens with one attached hydrogen (secondary N) is 1. The molecule has 0 bridgehead atoms. The van der Waals surface area contributed by atoms with Gasteiger partial charge in [0.15, 0.2) is 0 Å². The normalized spacial score (nSPS) is 22.7. The Kier molecular flexibility index (Phi) is 3.76. The van der Waals surface area contributed by atoms with Gasteiger partial charge in [-0.15, -0.1) is 0 Å². The van der Waals surface area contributed by atoms with Crippen LogP contribution >= 0.6 is 11.6 Å². The molecule has 1 aromatic rings. The minimum Gasteiger partial charge on any atom is -0.308 e. The molecule has 0 radical (unpaired) electrons. The van der Waals surface area contributed by atoms with Gasteiger partial charge >= 0.3 is 0 Å². The molecule has 0 spiro atoms. The highest BCUT2D eigenvalue weighted by Crippen LogP contribution is 2.27. The molecule has 0 saturated carbocycles. The van der Waals surface area contributed by atoms with E-state index in [-0.39, 0.29) is 5.54 Å². The number of hydrogen-bond acceptors (Lipinski definition) is 2. The summed E-state index contributed by atoms with van der Waals surface area (Å²) in [6.07, 6.45) is 0. The quantitative estimate of drug-likeness (QED) is 0.826. The van der Waals surface area contributed by atoms with Gasteiger partial charge < -0.3 is 5.32 Å². The molecule has 1 aliphatic heterocycles. The molecule has 1 N–H and O–H groups in total. The highest BCUT2D eigenvalue weighted by molar-refractivity contribution is 6.31. The molecule has 1 aromatic carbocycles. The average molecular weight is 253 g/mol. The van der Waals surface area contributed by atoms with Gasteiger partial charge in [-0.3, -0.25) is 4.90 Å². The van der Waals surface area contributed by atoms with E-state index in [4.69, 9.17) is 11.6 Å². The molecule has 1 atom stereocenters. The Bertz CT molecular complexity index is 384. The lowest BCUT2D eigenvalue weighted by atomic mass is 9.99. The molecular formula is C14H21ClN2. The van der Waals surface area contributed by atoms with E-state index in [9.17, 15) is 0 Å². The second-order valence-corrected chi connectivity index (χ2v) is 6.05. The Morgan fingerprint density at radius 2 is 2.00 bits per heavy atom. The van der Waals surface area contributed by atoms with Gasteiger partial charge in [-0.1, -0.05) is 29.8 Å². The molecule has 1 unspecified atom stereocenters. The van der Waals surface area contributed by atoms with Crippen molar-refractivity contribution in [2.24, 2.45) is 0 Å². The van der Waals surface area contributed by atoms with Gasteiger partial charge in [0.05, 0.1) is 0 Å². The van der Waals surface area contributed by atoms with Crippen molar-refractivity contribution in [3.8, 4) is 0 Å². The SMILES string of the molecule is CC(C)(C)N1CCNC(c2ccccc2Cl)C1. The van der Waals surface area contributed by atoms with Crippen molar-refractivity contribution in [2.75, 3.05) is 19.6 Å².